The molecule has 2 rings (SSSR count). The monoisotopic (exact) mass is 380 g/mol. The van der Waals surface area contributed by atoms with Crippen LogP contribution in [-0.4, -0.2) is 27.1 Å². The van der Waals surface area contributed by atoms with Gasteiger partial charge in [0.25, 0.3) is 0 Å². The van der Waals surface area contributed by atoms with Crippen LogP contribution in [0.4, 0.5) is 11.4 Å². The summed E-state index contributed by atoms with van der Waals surface area (Å²) >= 11 is 5.94. The second kappa shape index (κ2) is 7.89. The van der Waals surface area contributed by atoms with E-state index in [1.165, 1.54) is 4.31 Å². The van der Waals surface area contributed by atoms with Crippen LogP contribution in [0.2, 0.25) is 5.02 Å². The lowest BCUT2D eigenvalue weighted by Crippen LogP contribution is -2.33. The van der Waals surface area contributed by atoms with E-state index in [4.69, 9.17) is 11.6 Å². The first-order valence-electron chi connectivity index (χ1n) is 7.77. The van der Waals surface area contributed by atoms with Crippen molar-refractivity contribution in [3.63, 3.8) is 0 Å². The number of nitrogens with zero attached hydrogens (tertiary/aromatic N) is 1. The third-order valence-electron chi connectivity index (χ3n) is 3.74. The molecule has 1 N–H and O–H groups in total. The van der Waals surface area contributed by atoms with Crippen molar-refractivity contribution < 1.29 is 13.2 Å². The van der Waals surface area contributed by atoms with Crippen molar-refractivity contribution in [2.45, 2.75) is 20.3 Å². The predicted molar refractivity (Wildman–Crippen MR) is 103 cm³/mol. The number of benzene rings is 2. The quantitative estimate of drug-likeness (QED) is 0.829. The zero-order chi connectivity index (χ0) is 18.6. The fourth-order valence-corrected chi connectivity index (χ4v) is 3.44. The number of anilines is 2. The topological polar surface area (TPSA) is 66.5 Å². The minimum absolute atomic E-state index is 0.0346. The molecule has 0 unspecified atom stereocenters. The third-order valence-corrected chi connectivity index (χ3v) is 5.17. The Labute approximate surface area is 153 Å². The number of hydrogen-bond donors (Lipinski definition) is 1. The summed E-state index contributed by atoms with van der Waals surface area (Å²) in [6, 6.07) is 12.4. The molecule has 0 spiro atoms. The second-order valence-corrected chi connectivity index (χ2v) is 8.27. The maximum absolute atomic E-state index is 12.2. The van der Waals surface area contributed by atoms with Crippen LogP contribution in [0, 0.1) is 13.8 Å². The number of amides is 1. The Balaban J connectivity index is 2.09. The van der Waals surface area contributed by atoms with E-state index >= 15 is 0 Å². The van der Waals surface area contributed by atoms with Gasteiger partial charge in [-0.3, -0.25) is 9.10 Å². The predicted octanol–water partition coefficient (Wildman–Crippen LogP) is 3.75. The highest BCUT2D eigenvalue weighted by atomic mass is 35.5. The van der Waals surface area contributed by atoms with E-state index in [1.807, 2.05) is 32.0 Å². The molecule has 0 atom stereocenters. The lowest BCUT2D eigenvalue weighted by Gasteiger charge is -2.22. The molecule has 25 heavy (non-hydrogen) atoms. The number of hydrogen-bond acceptors (Lipinski definition) is 3. The number of carbonyl (C=O) groups is 1. The van der Waals surface area contributed by atoms with Crippen LogP contribution in [0.15, 0.2) is 42.5 Å². The average Bonchev–Trinajstić information content (AvgIpc) is 2.51. The van der Waals surface area contributed by atoms with Crippen LogP contribution in [0.25, 0.3) is 0 Å². The van der Waals surface area contributed by atoms with Crippen LogP contribution in [0.1, 0.15) is 17.5 Å². The van der Waals surface area contributed by atoms with Gasteiger partial charge in [0.1, 0.15) is 0 Å². The van der Waals surface area contributed by atoms with Gasteiger partial charge in [0.05, 0.1) is 11.9 Å². The second-order valence-electron chi connectivity index (χ2n) is 5.93. The van der Waals surface area contributed by atoms with Gasteiger partial charge in [-0.1, -0.05) is 35.4 Å². The smallest absolute Gasteiger partial charge is 0.232 e. The van der Waals surface area contributed by atoms with E-state index < -0.39 is 10.0 Å². The van der Waals surface area contributed by atoms with Gasteiger partial charge in [0.2, 0.25) is 15.9 Å². The lowest BCUT2D eigenvalue weighted by atomic mass is 10.2. The van der Waals surface area contributed by atoms with Gasteiger partial charge in [-0.15, -0.1) is 0 Å². The standard InChI is InChI=1S/C18H21ClN2O3S/c1-13-4-8-16(9-5-13)21(25(3,23)24)11-10-18(22)20-17-12-15(19)7-6-14(17)2/h4-9,12H,10-11H2,1-3H3,(H,20,22). The molecule has 0 aliphatic rings. The maximum atomic E-state index is 12.2. The molecule has 0 saturated heterocycles. The van der Waals surface area contributed by atoms with Crippen molar-refractivity contribution in [2.75, 3.05) is 22.4 Å². The number of aryl methyl sites for hydroxylation is 2. The summed E-state index contributed by atoms with van der Waals surface area (Å²) in [5.74, 6) is -0.272. The van der Waals surface area contributed by atoms with Crippen LogP contribution in [-0.2, 0) is 14.8 Å². The minimum Gasteiger partial charge on any atom is -0.326 e. The third kappa shape index (κ3) is 5.47. The molecule has 2 aromatic rings. The molecule has 0 saturated carbocycles. The number of sulfonamides is 1. The Kier molecular flexibility index (Phi) is 6.08. The molecule has 0 fully saturated rings. The summed E-state index contributed by atoms with van der Waals surface area (Å²) in [6.45, 7) is 3.85. The Morgan fingerprint density at radius 1 is 1.12 bits per heavy atom. The largest absolute Gasteiger partial charge is 0.326 e. The molecule has 1 amide bonds. The summed E-state index contributed by atoms with van der Waals surface area (Å²) in [5.41, 5.74) is 3.08. The van der Waals surface area contributed by atoms with Gasteiger partial charge in [-0.25, -0.2) is 8.42 Å². The van der Waals surface area contributed by atoms with Crippen LogP contribution >= 0.6 is 11.6 Å². The Bertz CT molecular complexity index is 864. The lowest BCUT2D eigenvalue weighted by molar-refractivity contribution is -0.116. The van der Waals surface area contributed by atoms with Crippen molar-refractivity contribution in [1.82, 2.24) is 0 Å². The van der Waals surface area contributed by atoms with E-state index in [-0.39, 0.29) is 18.9 Å². The Hall–Kier alpha value is -2.05. The minimum atomic E-state index is -3.48. The zero-order valence-electron chi connectivity index (χ0n) is 14.4. The zero-order valence-corrected chi connectivity index (χ0v) is 16.0. The molecule has 2 aromatic carbocycles. The van der Waals surface area contributed by atoms with Crippen LogP contribution in [0.3, 0.4) is 0 Å². The van der Waals surface area contributed by atoms with E-state index in [0.717, 1.165) is 17.4 Å². The highest BCUT2D eigenvalue weighted by Crippen LogP contribution is 2.21. The highest BCUT2D eigenvalue weighted by Gasteiger charge is 2.18. The first-order chi connectivity index (χ1) is 11.7. The van der Waals surface area contributed by atoms with Crippen molar-refractivity contribution in [3.05, 3.63) is 58.6 Å². The maximum Gasteiger partial charge on any atom is 0.232 e. The van der Waals surface area contributed by atoms with Gasteiger partial charge in [0, 0.05) is 23.7 Å². The van der Waals surface area contributed by atoms with Gasteiger partial charge in [0.15, 0.2) is 0 Å². The van der Waals surface area contributed by atoms with Gasteiger partial charge in [-0.2, -0.15) is 0 Å². The number of halogens is 1. The Morgan fingerprint density at radius 3 is 2.36 bits per heavy atom. The first-order valence-corrected chi connectivity index (χ1v) is 10.00. The summed E-state index contributed by atoms with van der Waals surface area (Å²) < 4.78 is 25.4. The molecule has 0 radical (unpaired) electrons. The molecule has 7 heteroatoms. The summed E-state index contributed by atoms with van der Waals surface area (Å²) in [5, 5.41) is 3.30. The van der Waals surface area contributed by atoms with E-state index in [2.05, 4.69) is 5.32 Å². The molecular weight excluding hydrogens is 360 g/mol. The summed E-state index contributed by atoms with van der Waals surface area (Å²) in [6.07, 6.45) is 1.17. The molecule has 134 valence electrons. The van der Waals surface area contributed by atoms with E-state index in [9.17, 15) is 13.2 Å². The number of carbonyl (C=O) groups excluding carboxylic acids is 1. The fourth-order valence-electron chi connectivity index (χ4n) is 2.34. The first kappa shape index (κ1) is 19.3. The molecule has 0 aliphatic carbocycles. The normalized spacial score (nSPS) is 11.2. The molecular formula is C18H21ClN2O3S. The van der Waals surface area contributed by atoms with Crippen LogP contribution < -0.4 is 9.62 Å². The average molecular weight is 381 g/mol. The molecule has 0 heterocycles. The Morgan fingerprint density at radius 2 is 1.76 bits per heavy atom. The molecule has 5 nitrogen and oxygen atoms in total. The van der Waals surface area contributed by atoms with Crippen molar-refractivity contribution in [2.24, 2.45) is 0 Å². The van der Waals surface area contributed by atoms with Gasteiger partial charge in [-0.05, 0) is 43.7 Å². The SMILES string of the molecule is Cc1ccc(N(CCC(=O)Nc2cc(Cl)ccc2C)S(C)(=O)=O)cc1. The van der Waals surface area contributed by atoms with E-state index in [1.54, 1.807) is 24.3 Å². The summed E-state index contributed by atoms with van der Waals surface area (Å²) in [4.78, 5) is 12.2. The van der Waals surface area contributed by atoms with Crippen molar-refractivity contribution in [3.8, 4) is 0 Å². The van der Waals surface area contributed by atoms with E-state index in [0.29, 0.717) is 16.4 Å². The highest BCUT2D eigenvalue weighted by molar-refractivity contribution is 7.92. The van der Waals surface area contributed by atoms with Gasteiger partial charge < -0.3 is 5.32 Å². The fraction of sp³-hybridized carbons (Fsp3) is 0.278. The summed E-state index contributed by atoms with van der Waals surface area (Å²) in [7, 11) is -3.48. The molecule has 0 aliphatic heterocycles. The molecule has 0 aromatic heterocycles. The number of rotatable bonds is 6. The van der Waals surface area contributed by atoms with Crippen molar-refractivity contribution >= 4 is 38.9 Å². The number of nitrogens with one attached hydrogen (secondary N) is 1. The van der Waals surface area contributed by atoms with Crippen LogP contribution in [0.5, 0.6) is 0 Å². The van der Waals surface area contributed by atoms with Crippen molar-refractivity contribution in [1.29, 1.82) is 0 Å². The molecule has 0 bridgehead atoms. The van der Waals surface area contributed by atoms with Gasteiger partial charge >= 0.3 is 0 Å².